The molecule has 0 aliphatic carbocycles. The second-order valence-electron chi connectivity index (χ2n) is 13.0. The van der Waals surface area contributed by atoms with Crippen molar-refractivity contribution in [3.05, 3.63) is 24.3 Å². The SMILES string of the molecule is CCCCCCCCC/C=C/CC/C=C/C(O)C(COP(=O)(O)OCCN)NC(=O)CC(O)CCCCCCCCCCCCCC. The molecule has 0 radical (unpaired) electrons. The number of carbonyl (C=O) groups excluding carboxylic acids is 1. The summed E-state index contributed by atoms with van der Waals surface area (Å²) in [5.74, 6) is -0.457. The fourth-order valence-corrected chi connectivity index (χ4v) is 6.19. The van der Waals surface area contributed by atoms with Gasteiger partial charge in [0, 0.05) is 6.54 Å². The normalized spacial score (nSPS) is 15.3. The van der Waals surface area contributed by atoms with Gasteiger partial charge in [0.15, 0.2) is 0 Å². The molecule has 1 amide bonds. The number of carbonyl (C=O) groups is 1. The number of hydrogen-bond donors (Lipinski definition) is 5. The van der Waals surface area contributed by atoms with E-state index in [2.05, 4.69) is 31.3 Å². The van der Waals surface area contributed by atoms with Crippen LogP contribution in [0.4, 0.5) is 0 Å². The van der Waals surface area contributed by atoms with Crippen molar-refractivity contribution in [1.82, 2.24) is 5.32 Å². The molecule has 4 atom stereocenters. The quantitative estimate of drug-likeness (QED) is 0.0252. The lowest BCUT2D eigenvalue weighted by Crippen LogP contribution is -2.46. The number of aliphatic hydroxyl groups is 2. The molecule has 0 aromatic heterocycles. The number of aliphatic hydroxyl groups excluding tert-OH is 2. The molecule has 9 nitrogen and oxygen atoms in total. The minimum absolute atomic E-state index is 0.0456. The number of nitrogens with two attached hydrogens (primary N) is 1. The molecule has 0 aromatic carbocycles. The van der Waals surface area contributed by atoms with Gasteiger partial charge in [-0.25, -0.2) is 4.57 Å². The average Bonchev–Trinajstić information content (AvgIpc) is 3.04. The predicted octanol–water partition coefficient (Wildman–Crippen LogP) is 8.80. The van der Waals surface area contributed by atoms with Crippen LogP contribution in [-0.2, 0) is 18.4 Å². The predicted molar refractivity (Wildman–Crippen MR) is 195 cm³/mol. The smallest absolute Gasteiger partial charge is 0.393 e. The molecular formula is C37H73N2O7P. The molecule has 0 spiro atoms. The Morgan fingerprint density at radius 2 is 1.21 bits per heavy atom. The van der Waals surface area contributed by atoms with Gasteiger partial charge in [-0.15, -0.1) is 0 Å². The van der Waals surface area contributed by atoms with E-state index < -0.39 is 38.6 Å². The Morgan fingerprint density at radius 1 is 0.723 bits per heavy atom. The van der Waals surface area contributed by atoms with Crippen molar-refractivity contribution in [2.45, 2.75) is 186 Å². The van der Waals surface area contributed by atoms with Crippen LogP contribution < -0.4 is 11.1 Å². The molecule has 47 heavy (non-hydrogen) atoms. The van der Waals surface area contributed by atoms with E-state index in [9.17, 15) is 24.5 Å². The molecule has 0 bridgehead atoms. The number of phosphoric acid groups is 1. The van der Waals surface area contributed by atoms with Crippen LogP contribution in [-0.4, -0.2) is 59.0 Å². The maximum absolute atomic E-state index is 12.7. The van der Waals surface area contributed by atoms with E-state index in [4.69, 9.17) is 14.8 Å². The number of allylic oxidation sites excluding steroid dienone is 3. The average molecular weight is 689 g/mol. The third-order valence-electron chi connectivity index (χ3n) is 8.33. The molecule has 0 rings (SSSR count). The van der Waals surface area contributed by atoms with Gasteiger partial charge >= 0.3 is 7.82 Å². The van der Waals surface area contributed by atoms with Gasteiger partial charge in [0.25, 0.3) is 0 Å². The van der Waals surface area contributed by atoms with Crippen molar-refractivity contribution in [2.75, 3.05) is 19.8 Å². The summed E-state index contributed by atoms with van der Waals surface area (Å²) in [5, 5.41) is 23.9. The number of amides is 1. The zero-order valence-corrected chi connectivity index (χ0v) is 31.0. The number of rotatable bonds is 35. The topological polar surface area (TPSA) is 151 Å². The summed E-state index contributed by atoms with van der Waals surface area (Å²) in [6.07, 6.45) is 32.6. The Morgan fingerprint density at radius 3 is 1.77 bits per heavy atom. The summed E-state index contributed by atoms with van der Waals surface area (Å²) in [7, 11) is -4.40. The van der Waals surface area contributed by atoms with Crippen LogP contribution in [0.2, 0.25) is 0 Å². The maximum atomic E-state index is 12.7. The van der Waals surface area contributed by atoms with Crippen LogP contribution in [0.5, 0.6) is 0 Å². The molecule has 0 saturated heterocycles. The van der Waals surface area contributed by atoms with E-state index in [-0.39, 0.29) is 19.6 Å². The van der Waals surface area contributed by atoms with Crippen molar-refractivity contribution >= 4 is 13.7 Å². The number of nitrogens with one attached hydrogen (secondary N) is 1. The van der Waals surface area contributed by atoms with Crippen molar-refractivity contribution in [2.24, 2.45) is 5.73 Å². The van der Waals surface area contributed by atoms with E-state index in [1.807, 2.05) is 6.08 Å². The molecule has 278 valence electrons. The minimum Gasteiger partial charge on any atom is -0.393 e. The first-order valence-corrected chi connectivity index (χ1v) is 20.5. The molecule has 0 aromatic rings. The third-order valence-corrected chi connectivity index (χ3v) is 9.32. The third kappa shape index (κ3) is 31.9. The van der Waals surface area contributed by atoms with Gasteiger partial charge in [-0.05, 0) is 32.1 Å². The molecule has 0 heterocycles. The van der Waals surface area contributed by atoms with Crippen LogP contribution in [0.1, 0.15) is 168 Å². The first-order valence-electron chi connectivity index (χ1n) is 19.0. The second-order valence-corrected chi connectivity index (χ2v) is 14.4. The highest BCUT2D eigenvalue weighted by molar-refractivity contribution is 7.47. The van der Waals surface area contributed by atoms with Crippen molar-refractivity contribution < 1.29 is 33.5 Å². The molecular weight excluding hydrogens is 615 g/mol. The fourth-order valence-electron chi connectivity index (χ4n) is 5.43. The van der Waals surface area contributed by atoms with Gasteiger partial charge in [-0.3, -0.25) is 13.8 Å². The molecule has 0 aliphatic heterocycles. The van der Waals surface area contributed by atoms with E-state index in [1.54, 1.807) is 6.08 Å². The Labute approximate surface area is 288 Å². The van der Waals surface area contributed by atoms with E-state index >= 15 is 0 Å². The second kappa shape index (κ2) is 33.4. The van der Waals surface area contributed by atoms with Crippen LogP contribution in [0.3, 0.4) is 0 Å². The summed E-state index contributed by atoms with van der Waals surface area (Å²) >= 11 is 0. The number of phosphoric ester groups is 1. The Kier molecular flexibility index (Phi) is 32.7. The number of hydrogen-bond acceptors (Lipinski definition) is 7. The lowest BCUT2D eigenvalue weighted by Gasteiger charge is -2.24. The molecule has 10 heteroatoms. The van der Waals surface area contributed by atoms with Gasteiger partial charge < -0.3 is 26.2 Å². The highest BCUT2D eigenvalue weighted by atomic mass is 31.2. The zero-order chi connectivity index (χ0) is 34.9. The maximum Gasteiger partial charge on any atom is 0.472 e. The summed E-state index contributed by atoms with van der Waals surface area (Å²) < 4.78 is 22.0. The van der Waals surface area contributed by atoms with E-state index in [1.165, 1.54) is 103 Å². The number of unbranched alkanes of at least 4 members (excludes halogenated alkanes) is 19. The van der Waals surface area contributed by atoms with Crippen LogP contribution in [0.25, 0.3) is 0 Å². The molecule has 0 fully saturated rings. The van der Waals surface area contributed by atoms with Crippen LogP contribution in [0.15, 0.2) is 24.3 Å². The summed E-state index contributed by atoms with van der Waals surface area (Å²) in [6.45, 7) is 3.92. The Hall–Kier alpha value is -1.06. The Bertz CT molecular complexity index is 812. The van der Waals surface area contributed by atoms with Gasteiger partial charge in [0.2, 0.25) is 5.91 Å². The van der Waals surface area contributed by atoms with Gasteiger partial charge in [0.1, 0.15) is 0 Å². The largest absolute Gasteiger partial charge is 0.472 e. The summed E-state index contributed by atoms with van der Waals surface area (Å²) in [4.78, 5) is 22.6. The fraction of sp³-hybridized carbons (Fsp3) is 0.865. The van der Waals surface area contributed by atoms with E-state index in [0.29, 0.717) is 12.8 Å². The molecule has 6 N–H and O–H groups in total. The highest BCUT2D eigenvalue weighted by Gasteiger charge is 2.27. The first kappa shape index (κ1) is 45.9. The van der Waals surface area contributed by atoms with Gasteiger partial charge in [-0.1, -0.05) is 154 Å². The monoisotopic (exact) mass is 689 g/mol. The van der Waals surface area contributed by atoms with Crippen LogP contribution >= 0.6 is 7.82 Å². The van der Waals surface area contributed by atoms with Gasteiger partial charge in [0.05, 0.1) is 37.9 Å². The van der Waals surface area contributed by atoms with Gasteiger partial charge in [-0.2, -0.15) is 0 Å². The van der Waals surface area contributed by atoms with Crippen molar-refractivity contribution in [1.29, 1.82) is 0 Å². The molecule has 4 unspecified atom stereocenters. The first-order chi connectivity index (χ1) is 22.8. The standard InChI is InChI=1S/C37H73N2O7P/c1-3-5-7-9-11-13-15-17-19-21-23-25-27-29-36(41)35(33-46-47(43,44)45-31-30-38)39-37(42)32-34(40)28-26-24-22-20-18-16-14-12-10-8-6-4-2/h19,21,27,29,34-36,40-41H,3-18,20,22-26,28,30-33,38H2,1-2H3,(H,39,42)(H,43,44)/b21-19+,29-27+. The molecule has 0 aliphatic rings. The molecule has 0 saturated carbocycles. The minimum atomic E-state index is -4.40. The lowest BCUT2D eigenvalue weighted by atomic mass is 10.0. The lowest BCUT2D eigenvalue weighted by molar-refractivity contribution is -0.124. The van der Waals surface area contributed by atoms with Crippen molar-refractivity contribution in [3.63, 3.8) is 0 Å². The summed E-state index contributed by atoms with van der Waals surface area (Å²) in [5.41, 5.74) is 5.34. The summed E-state index contributed by atoms with van der Waals surface area (Å²) in [6, 6.07) is -0.993. The zero-order valence-electron chi connectivity index (χ0n) is 30.1. The van der Waals surface area contributed by atoms with Crippen LogP contribution in [0, 0.1) is 0 Å². The van der Waals surface area contributed by atoms with E-state index in [0.717, 1.165) is 32.1 Å². The van der Waals surface area contributed by atoms with Crippen molar-refractivity contribution in [3.8, 4) is 0 Å². The highest BCUT2D eigenvalue weighted by Crippen LogP contribution is 2.43. The Balaban J connectivity index is 4.49.